The minimum Gasteiger partial charge on any atom is -0.352 e. The first-order chi connectivity index (χ1) is 8.02. The van der Waals surface area contributed by atoms with Crippen molar-refractivity contribution in [2.45, 2.75) is 24.6 Å². The number of alkyl halides is 1. The van der Waals surface area contributed by atoms with Crippen molar-refractivity contribution >= 4 is 33.4 Å². The fraction of sp³-hybridized carbons (Fsp3) is 0.417. The Labute approximate surface area is 114 Å². The summed E-state index contributed by atoms with van der Waals surface area (Å²) in [5, 5.41) is 2.63. The summed E-state index contributed by atoms with van der Waals surface area (Å²) in [5.74, 6) is -1.09. The van der Waals surface area contributed by atoms with Gasteiger partial charge < -0.3 is 5.32 Å². The van der Waals surface area contributed by atoms with Gasteiger partial charge in [0, 0.05) is 11.4 Å². The smallest absolute Gasteiger partial charge is 0.254 e. The van der Waals surface area contributed by atoms with Gasteiger partial charge >= 0.3 is 0 Å². The first kappa shape index (κ1) is 14.5. The van der Waals surface area contributed by atoms with Crippen molar-refractivity contribution in [3.05, 3.63) is 34.6 Å². The van der Waals surface area contributed by atoms with Crippen LogP contribution in [0.1, 0.15) is 30.1 Å². The molecule has 1 atom stereocenters. The van der Waals surface area contributed by atoms with Crippen molar-refractivity contribution in [3.63, 3.8) is 0 Å². The lowest BCUT2D eigenvalue weighted by Crippen LogP contribution is -2.25. The topological polar surface area (TPSA) is 29.1 Å². The fourth-order valence-corrected chi connectivity index (χ4v) is 1.86. The Bertz CT molecular complexity index is 398. The molecule has 0 heterocycles. The van der Waals surface area contributed by atoms with E-state index in [9.17, 15) is 9.18 Å². The zero-order valence-corrected chi connectivity index (χ0v) is 11.8. The molecular weight excluding hydrogens is 308 g/mol. The first-order valence-corrected chi connectivity index (χ1v) is 6.68. The summed E-state index contributed by atoms with van der Waals surface area (Å²) in [7, 11) is 0. The number of hydrogen-bond donors (Lipinski definition) is 1. The van der Waals surface area contributed by atoms with E-state index in [1.807, 2.05) is 6.92 Å². The molecule has 0 bridgehead atoms. The van der Waals surface area contributed by atoms with Gasteiger partial charge in [-0.25, -0.2) is 4.39 Å². The predicted octanol–water partition coefficient (Wildman–Crippen LogP) is 3.77. The van der Waals surface area contributed by atoms with E-state index in [1.54, 1.807) is 6.07 Å². The Morgan fingerprint density at radius 3 is 2.94 bits per heavy atom. The summed E-state index contributed by atoms with van der Waals surface area (Å²) in [5.41, 5.74) is -0.00982. The normalized spacial score (nSPS) is 12.2. The van der Waals surface area contributed by atoms with Crippen LogP contribution in [0.3, 0.4) is 0 Å². The standard InChI is InChI=1S/C12H14BrClFNO/c1-8(13)4-3-7-16-12(17)9-5-2-6-10(14)11(9)15/h2,5-6,8H,3-4,7H2,1H3,(H,16,17). The first-order valence-electron chi connectivity index (χ1n) is 5.38. The number of benzene rings is 1. The second-order valence-electron chi connectivity index (χ2n) is 3.78. The number of rotatable bonds is 5. The van der Waals surface area contributed by atoms with E-state index >= 15 is 0 Å². The molecule has 0 aliphatic rings. The zero-order chi connectivity index (χ0) is 12.8. The van der Waals surface area contributed by atoms with Gasteiger partial charge in [-0.1, -0.05) is 40.5 Å². The summed E-state index contributed by atoms with van der Waals surface area (Å²) < 4.78 is 13.5. The van der Waals surface area contributed by atoms with Crippen molar-refractivity contribution in [1.82, 2.24) is 5.32 Å². The number of carbonyl (C=O) groups is 1. The minimum absolute atomic E-state index is 0.00982. The molecule has 1 rings (SSSR count). The average molecular weight is 323 g/mol. The number of hydrogen-bond acceptors (Lipinski definition) is 1. The molecule has 1 aromatic carbocycles. The highest BCUT2D eigenvalue weighted by Crippen LogP contribution is 2.17. The van der Waals surface area contributed by atoms with Gasteiger partial charge in [-0.05, 0) is 25.0 Å². The van der Waals surface area contributed by atoms with Gasteiger partial charge in [-0.2, -0.15) is 0 Å². The van der Waals surface area contributed by atoms with Gasteiger partial charge in [0.1, 0.15) is 0 Å². The molecule has 0 spiro atoms. The molecule has 1 aromatic rings. The van der Waals surface area contributed by atoms with E-state index in [-0.39, 0.29) is 10.6 Å². The lowest BCUT2D eigenvalue weighted by atomic mass is 10.2. The van der Waals surface area contributed by atoms with Gasteiger partial charge in [0.25, 0.3) is 5.91 Å². The molecule has 5 heteroatoms. The van der Waals surface area contributed by atoms with E-state index in [1.165, 1.54) is 12.1 Å². The number of halogens is 3. The van der Waals surface area contributed by atoms with Crippen LogP contribution in [-0.2, 0) is 0 Å². The highest BCUT2D eigenvalue weighted by molar-refractivity contribution is 9.09. The molecule has 0 aliphatic heterocycles. The third-order valence-corrected chi connectivity index (χ3v) is 3.01. The molecule has 0 radical (unpaired) electrons. The molecular formula is C12H14BrClFNO. The maximum Gasteiger partial charge on any atom is 0.254 e. The Balaban J connectivity index is 2.50. The second kappa shape index (κ2) is 6.97. The molecule has 0 saturated heterocycles. The maximum atomic E-state index is 13.5. The summed E-state index contributed by atoms with van der Waals surface area (Å²) in [4.78, 5) is 12.1. The minimum atomic E-state index is -0.666. The largest absolute Gasteiger partial charge is 0.352 e. The van der Waals surface area contributed by atoms with Crippen LogP contribution in [0.15, 0.2) is 18.2 Å². The molecule has 17 heavy (non-hydrogen) atoms. The molecule has 1 unspecified atom stereocenters. The number of nitrogens with one attached hydrogen (secondary N) is 1. The monoisotopic (exact) mass is 321 g/mol. The van der Waals surface area contributed by atoms with E-state index in [4.69, 9.17) is 11.6 Å². The van der Waals surface area contributed by atoms with Crippen molar-refractivity contribution in [3.8, 4) is 0 Å². The highest BCUT2D eigenvalue weighted by atomic mass is 79.9. The van der Waals surface area contributed by atoms with Crippen LogP contribution in [0.25, 0.3) is 0 Å². The van der Waals surface area contributed by atoms with Crippen LogP contribution >= 0.6 is 27.5 Å². The van der Waals surface area contributed by atoms with E-state index in [0.717, 1.165) is 12.8 Å². The molecule has 0 saturated carbocycles. The highest BCUT2D eigenvalue weighted by Gasteiger charge is 2.13. The fourth-order valence-electron chi connectivity index (χ4n) is 1.36. The van der Waals surface area contributed by atoms with E-state index < -0.39 is 11.7 Å². The number of amides is 1. The maximum absolute atomic E-state index is 13.5. The summed E-state index contributed by atoms with van der Waals surface area (Å²) in [6.07, 6.45) is 1.80. The predicted molar refractivity (Wildman–Crippen MR) is 71.4 cm³/mol. The van der Waals surface area contributed by atoms with E-state index in [2.05, 4.69) is 21.2 Å². The van der Waals surface area contributed by atoms with Gasteiger partial charge in [0.05, 0.1) is 10.6 Å². The van der Waals surface area contributed by atoms with Crippen LogP contribution in [-0.4, -0.2) is 17.3 Å². The zero-order valence-electron chi connectivity index (χ0n) is 9.47. The van der Waals surface area contributed by atoms with Gasteiger partial charge in [0.15, 0.2) is 5.82 Å². The third kappa shape index (κ3) is 4.64. The van der Waals surface area contributed by atoms with Crippen LogP contribution in [0.5, 0.6) is 0 Å². The van der Waals surface area contributed by atoms with Gasteiger partial charge in [-0.15, -0.1) is 0 Å². The van der Waals surface area contributed by atoms with Crippen molar-refractivity contribution in [2.24, 2.45) is 0 Å². The lowest BCUT2D eigenvalue weighted by Gasteiger charge is -2.07. The molecule has 1 N–H and O–H groups in total. The molecule has 0 fully saturated rings. The third-order valence-electron chi connectivity index (χ3n) is 2.26. The Morgan fingerprint density at radius 2 is 2.29 bits per heavy atom. The Morgan fingerprint density at radius 1 is 1.59 bits per heavy atom. The van der Waals surface area contributed by atoms with E-state index in [0.29, 0.717) is 11.4 Å². The Kier molecular flexibility index (Phi) is 5.92. The summed E-state index contributed by atoms with van der Waals surface area (Å²) in [6.45, 7) is 2.57. The summed E-state index contributed by atoms with van der Waals surface area (Å²) >= 11 is 9.02. The van der Waals surface area contributed by atoms with Crippen LogP contribution in [0, 0.1) is 5.82 Å². The quantitative estimate of drug-likeness (QED) is 0.649. The van der Waals surface area contributed by atoms with Crippen LogP contribution in [0.4, 0.5) is 4.39 Å². The lowest BCUT2D eigenvalue weighted by molar-refractivity contribution is 0.0949. The van der Waals surface area contributed by atoms with Gasteiger partial charge in [0.2, 0.25) is 0 Å². The van der Waals surface area contributed by atoms with Crippen molar-refractivity contribution in [1.29, 1.82) is 0 Å². The van der Waals surface area contributed by atoms with Crippen LogP contribution < -0.4 is 5.32 Å². The van der Waals surface area contributed by atoms with Crippen molar-refractivity contribution < 1.29 is 9.18 Å². The van der Waals surface area contributed by atoms with Crippen molar-refractivity contribution in [2.75, 3.05) is 6.54 Å². The Hall–Kier alpha value is -0.610. The molecule has 0 aromatic heterocycles. The SMILES string of the molecule is CC(Br)CCCNC(=O)c1cccc(Cl)c1F. The molecule has 94 valence electrons. The molecule has 0 aliphatic carbocycles. The summed E-state index contributed by atoms with van der Waals surface area (Å²) in [6, 6.07) is 4.39. The average Bonchev–Trinajstić information content (AvgIpc) is 2.27. The second-order valence-corrected chi connectivity index (χ2v) is 5.75. The van der Waals surface area contributed by atoms with Gasteiger partial charge in [-0.3, -0.25) is 4.79 Å². The number of carbonyl (C=O) groups excluding carboxylic acids is 1. The van der Waals surface area contributed by atoms with Crippen LogP contribution in [0.2, 0.25) is 5.02 Å². The molecule has 2 nitrogen and oxygen atoms in total. The molecule has 1 amide bonds.